The molecule has 0 saturated carbocycles. The third-order valence-electron chi connectivity index (χ3n) is 4.40. The molecule has 0 saturated heterocycles. The van der Waals surface area contributed by atoms with E-state index in [2.05, 4.69) is 9.72 Å². The van der Waals surface area contributed by atoms with Gasteiger partial charge in [0.2, 0.25) is 0 Å². The molecule has 1 heterocycles. The standard InChI is InChI=1S/C18H16F3N3O3/c1-10-8-15-16(17(11(10)2)24(25)26)22-12(3)23(15)9-13-4-6-14(7-5-13)27-18(19,20)21/h4-8H,9H2,1-3H3. The summed E-state index contributed by atoms with van der Waals surface area (Å²) >= 11 is 0. The van der Waals surface area contributed by atoms with E-state index in [1.165, 1.54) is 24.3 Å². The third-order valence-corrected chi connectivity index (χ3v) is 4.40. The zero-order chi connectivity index (χ0) is 19.9. The highest BCUT2D eigenvalue weighted by Crippen LogP contribution is 2.32. The number of nitro benzene ring substituents is 1. The van der Waals surface area contributed by atoms with Gasteiger partial charge < -0.3 is 9.30 Å². The van der Waals surface area contributed by atoms with E-state index in [4.69, 9.17) is 0 Å². The van der Waals surface area contributed by atoms with Crippen LogP contribution in [0.25, 0.3) is 11.0 Å². The highest BCUT2D eigenvalue weighted by atomic mass is 19.4. The van der Waals surface area contributed by atoms with E-state index in [9.17, 15) is 23.3 Å². The van der Waals surface area contributed by atoms with Gasteiger partial charge in [0.15, 0.2) is 5.52 Å². The summed E-state index contributed by atoms with van der Waals surface area (Å²) in [4.78, 5) is 15.4. The number of hydrogen-bond acceptors (Lipinski definition) is 4. The number of hydrogen-bond donors (Lipinski definition) is 0. The van der Waals surface area contributed by atoms with Crippen molar-refractivity contribution >= 4 is 16.7 Å². The first kappa shape index (κ1) is 18.7. The van der Waals surface area contributed by atoms with Crippen LogP contribution in [-0.2, 0) is 6.54 Å². The van der Waals surface area contributed by atoms with Crippen molar-refractivity contribution in [2.75, 3.05) is 0 Å². The molecule has 1 aromatic heterocycles. The van der Waals surface area contributed by atoms with E-state index >= 15 is 0 Å². The van der Waals surface area contributed by atoms with Gasteiger partial charge in [0, 0.05) is 12.1 Å². The lowest BCUT2D eigenvalue weighted by Crippen LogP contribution is -2.17. The van der Waals surface area contributed by atoms with Crippen LogP contribution in [0.15, 0.2) is 30.3 Å². The fourth-order valence-electron chi connectivity index (χ4n) is 2.98. The molecule has 0 spiro atoms. The summed E-state index contributed by atoms with van der Waals surface area (Å²) < 4.78 is 42.4. The fraction of sp³-hybridized carbons (Fsp3) is 0.278. The highest BCUT2D eigenvalue weighted by Gasteiger charge is 2.31. The van der Waals surface area contributed by atoms with Crippen LogP contribution in [0, 0.1) is 30.9 Å². The molecular weight excluding hydrogens is 363 g/mol. The second kappa shape index (κ2) is 6.57. The zero-order valence-corrected chi connectivity index (χ0v) is 14.8. The maximum atomic E-state index is 12.3. The summed E-state index contributed by atoms with van der Waals surface area (Å²) in [7, 11) is 0. The van der Waals surface area contributed by atoms with Crippen LogP contribution in [0.1, 0.15) is 22.5 Å². The SMILES string of the molecule is Cc1cc2c(nc(C)n2Cc2ccc(OC(F)(F)F)cc2)c([N+](=O)[O-])c1C. The Labute approximate surface area is 152 Å². The number of imidazole rings is 1. The van der Waals surface area contributed by atoms with Crippen LogP contribution in [-0.4, -0.2) is 20.8 Å². The summed E-state index contributed by atoms with van der Waals surface area (Å²) in [6.45, 7) is 5.52. The summed E-state index contributed by atoms with van der Waals surface area (Å²) in [5, 5.41) is 11.5. The Bertz CT molecular complexity index is 1020. The topological polar surface area (TPSA) is 70.2 Å². The number of nitro groups is 1. The third kappa shape index (κ3) is 3.71. The first-order valence-corrected chi connectivity index (χ1v) is 8.03. The molecule has 0 N–H and O–H groups in total. The van der Waals surface area contributed by atoms with Crippen molar-refractivity contribution in [1.82, 2.24) is 9.55 Å². The van der Waals surface area contributed by atoms with Crippen molar-refractivity contribution in [1.29, 1.82) is 0 Å². The Kier molecular flexibility index (Phi) is 4.54. The number of fused-ring (bicyclic) bond motifs is 1. The lowest BCUT2D eigenvalue weighted by molar-refractivity contribution is -0.383. The molecule has 0 fully saturated rings. The number of nitrogens with zero attached hydrogens (tertiary/aromatic N) is 3. The maximum absolute atomic E-state index is 12.3. The number of halogens is 3. The average Bonchev–Trinajstić information content (AvgIpc) is 2.84. The molecule has 2 aromatic carbocycles. The summed E-state index contributed by atoms with van der Waals surface area (Å²) in [5.41, 5.74) is 2.93. The van der Waals surface area contributed by atoms with E-state index in [1.807, 2.05) is 6.07 Å². The first-order valence-electron chi connectivity index (χ1n) is 8.03. The van der Waals surface area contributed by atoms with Gasteiger partial charge in [-0.3, -0.25) is 10.1 Å². The van der Waals surface area contributed by atoms with Gasteiger partial charge in [-0.25, -0.2) is 4.98 Å². The molecule has 3 rings (SSSR count). The maximum Gasteiger partial charge on any atom is 0.573 e. The van der Waals surface area contributed by atoms with Crippen molar-refractivity contribution in [2.45, 2.75) is 33.7 Å². The van der Waals surface area contributed by atoms with Gasteiger partial charge in [-0.2, -0.15) is 0 Å². The Hall–Kier alpha value is -3.10. The minimum atomic E-state index is -4.74. The van der Waals surface area contributed by atoms with Crippen molar-refractivity contribution in [3.8, 4) is 5.75 Å². The molecular formula is C18H16F3N3O3. The molecule has 3 aromatic rings. The number of aryl methyl sites for hydroxylation is 2. The predicted octanol–water partition coefficient (Wildman–Crippen LogP) is 4.82. The summed E-state index contributed by atoms with van der Waals surface area (Å²) in [5.74, 6) is 0.272. The molecule has 9 heteroatoms. The molecule has 0 atom stereocenters. The Balaban J connectivity index is 2.00. The van der Waals surface area contributed by atoms with Crippen LogP contribution in [0.2, 0.25) is 0 Å². The fourth-order valence-corrected chi connectivity index (χ4v) is 2.98. The van der Waals surface area contributed by atoms with Gasteiger partial charge in [0.05, 0.1) is 10.4 Å². The molecule has 0 amide bonds. The van der Waals surface area contributed by atoms with Gasteiger partial charge in [-0.05, 0) is 50.1 Å². The lowest BCUT2D eigenvalue weighted by Gasteiger charge is -2.11. The van der Waals surface area contributed by atoms with Gasteiger partial charge in [0.25, 0.3) is 5.69 Å². The van der Waals surface area contributed by atoms with Crippen LogP contribution in [0.5, 0.6) is 5.75 Å². The average molecular weight is 379 g/mol. The molecule has 6 nitrogen and oxygen atoms in total. The van der Waals surface area contributed by atoms with Crippen LogP contribution < -0.4 is 4.74 Å². The van der Waals surface area contributed by atoms with Crippen LogP contribution >= 0.6 is 0 Å². The number of rotatable bonds is 4. The molecule has 0 bridgehead atoms. The van der Waals surface area contributed by atoms with E-state index in [1.54, 1.807) is 25.3 Å². The molecule has 0 unspecified atom stereocenters. The number of alkyl halides is 3. The normalized spacial score (nSPS) is 11.8. The van der Waals surface area contributed by atoms with Crippen molar-refractivity contribution in [3.63, 3.8) is 0 Å². The predicted molar refractivity (Wildman–Crippen MR) is 92.8 cm³/mol. The Morgan fingerprint density at radius 1 is 1.19 bits per heavy atom. The molecule has 0 radical (unpaired) electrons. The smallest absolute Gasteiger partial charge is 0.406 e. The minimum absolute atomic E-state index is 0.0271. The number of benzene rings is 2. The molecule has 27 heavy (non-hydrogen) atoms. The van der Waals surface area contributed by atoms with Gasteiger partial charge in [-0.1, -0.05) is 12.1 Å². The van der Waals surface area contributed by atoms with Crippen molar-refractivity contribution < 1.29 is 22.8 Å². The van der Waals surface area contributed by atoms with Crippen LogP contribution in [0.4, 0.5) is 18.9 Å². The van der Waals surface area contributed by atoms with Crippen molar-refractivity contribution in [2.24, 2.45) is 0 Å². The Morgan fingerprint density at radius 2 is 1.81 bits per heavy atom. The van der Waals surface area contributed by atoms with Gasteiger partial charge in [0.1, 0.15) is 11.6 Å². The Morgan fingerprint density at radius 3 is 2.37 bits per heavy atom. The van der Waals surface area contributed by atoms with Crippen LogP contribution in [0.3, 0.4) is 0 Å². The highest BCUT2D eigenvalue weighted by molar-refractivity contribution is 5.88. The van der Waals surface area contributed by atoms with Gasteiger partial charge in [-0.15, -0.1) is 13.2 Å². The minimum Gasteiger partial charge on any atom is -0.406 e. The first-order chi connectivity index (χ1) is 12.6. The molecule has 0 aliphatic heterocycles. The number of ether oxygens (including phenoxy) is 1. The van der Waals surface area contributed by atoms with Crippen molar-refractivity contribution in [3.05, 3.63) is 63.0 Å². The monoisotopic (exact) mass is 379 g/mol. The quantitative estimate of drug-likeness (QED) is 0.481. The number of aromatic nitrogens is 2. The molecule has 0 aliphatic carbocycles. The van der Waals surface area contributed by atoms with E-state index < -0.39 is 11.3 Å². The van der Waals surface area contributed by atoms with Gasteiger partial charge >= 0.3 is 6.36 Å². The van der Waals surface area contributed by atoms with E-state index in [0.717, 1.165) is 5.56 Å². The molecule has 0 aliphatic rings. The largest absolute Gasteiger partial charge is 0.573 e. The van der Waals surface area contributed by atoms with E-state index in [-0.39, 0.29) is 11.4 Å². The lowest BCUT2D eigenvalue weighted by atomic mass is 10.1. The second-order valence-electron chi connectivity index (χ2n) is 6.23. The summed E-state index contributed by atoms with van der Waals surface area (Å²) in [6, 6.07) is 7.33. The second-order valence-corrected chi connectivity index (χ2v) is 6.23. The van der Waals surface area contributed by atoms with E-state index in [0.29, 0.717) is 34.5 Å². The molecule has 142 valence electrons. The zero-order valence-electron chi connectivity index (χ0n) is 14.8. The summed E-state index contributed by atoms with van der Waals surface area (Å²) in [6.07, 6.45) is -4.74.